The topological polar surface area (TPSA) is 49.4 Å². The van der Waals surface area contributed by atoms with Crippen LogP contribution < -0.4 is 4.72 Å². The summed E-state index contributed by atoms with van der Waals surface area (Å²) < 4.78 is 40.0. The van der Waals surface area contributed by atoms with Crippen LogP contribution in [0.1, 0.15) is 18.9 Å². The molecule has 1 heterocycles. The minimum absolute atomic E-state index is 0.313. The van der Waals surface area contributed by atoms with Crippen LogP contribution in [-0.4, -0.2) is 38.2 Å². The van der Waals surface area contributed by atoms with Crippen molar-refractivity contribution in [2.75, 3.05) is 19.6 Å². The minimum Gasteiger partial charge on any atom is -0.298 e. The number of hydrogen-bond acceptors (Lipinski definition) is 3. The van der Waals surface area contributed by atoms with Gasteiger partial charge in [0.15, 0.2) is 0 Å². The van der Waals surface area contributed by atoms with E-state index in [1.807, 2.05) is 4.90 Å². The van der Waals surface area contributed by atoms with Gasteiger partial charge in [0.1, 0.15) is 5.82 Å². The molecule has 0 aromatic heterocycles. The summed E-state index contributed by atoms with van der Waals surface area (Å²) in [5.41, 5.74) is 0.499. The summed E-state index contributed by atoms with van der Waals surface area (Å²) in [7, 11) is -3.27. The van der Waals surface area contributed by atoms with Gasteiger partial charge in [0.05, 0.1) is 5.25 Å². The Labute approximate surface area is 124 Å². The fourth-order valence-corrected chi connectivity index (χ4v) is 4.07. The van der Waals surface area contributed by atoms with E-state index >= 15 is 0 Å². The van der Waals surface area contributed by atoms with Crippen LogP contribution >= 0.6 is 11.6 Å². The van der Waals surface area contributed by atoms with Crippen molar-refractivity contribution in [2.45, 2.75) is 25.1 Å². The zero-order valence-corrected chi connectivity index (χ0v) is 12.8. The van der Waals surface area contributed by atoms with E-state index in [2.05, 4.69) is 4.72 Å². The van der Waals surface area contributed by atoms with Gasteiger partial charge in [-0.2, -0.15) is 0 Å². The molecule has 4 nitrogen and oxygen atoms in total. The minimum atomic E-state index is -3.27. The van der Waals surface area contributed by atoms with Gasteiger partial charge in [0.25, 0.3) is 0 Å². The Kier molecular flexibility index (Phi) is 5.01. The van der Waals surface area contributed by atoms with Gasteiger partial charge in [-0.1, -0.05) is 18.5 Å². The van der Waals surface area contributed by atoms with Crippen LogP contribution in [0.25, 0.3) is 0 Å². The maximum Gasteiger partial charge on any atom is 0.215 e. The van der Waals surface area contributed by atoms with Crippen molar-refractivity contribution in [1.29, 1.82) is 0 Å². The first-order valence-electron chi connectivity index (χ1n) is 6.57. The quantitative estimate of drug-likeness (QED) is 0.902. The van der Waals surface area contributed by atoms with E-state index in [0.717, 1.165) is 0 Å². The average Bonchev–Trinajstić information content (AvgIpc) is 2.83. The van der Waals surface area contributed by atoms with Crippen LogP contribution in [0.15, 0.2) is 18.2 Å². The summed E-state index contributed by atoms with van der Waals surface area (Å²) in [6.07, 6.45) is 0.567. The van der Waals surface area contributed by atoms with E-state index in [1.54, 1.807) is 13.0 Å². The molecule has 0 unspecified atom stereocenters. The Balaban J connectivity index is 2.02. The van der Waals surface area contributed by atoms with Crippen LogP contribution in [-0.2, 0) is 16.6 Å². The van der Waals surface area contributed by atoms with Crippen LogP contribution in [0.2, 0.25) is 5.02 Å². The molecule has 20 heavy (non-hydrogen) atoms. The molecule has 1 aromatic rings. The Bertz CT molecular complexity index is 580. The molecular formula is C13H18ClFN2O2S. The highest BCUT2D eigenvalue weighted by atomic mass is 35.5. The Morgan fingerprint density at radius 2 is 2.25 bits per heavy atom. The van der Waals surface area contributed by atoms with Gasteiger partial charge in [-0.25, -0.2) is 17.5 Å². The third-order valence-electron chi connectivity index (χ3n) is 3.42. The van der Waals surface area contributed by atoms with Crippen LogP contribution in [0.3, 0.4) is 0 Å². The molecular weight excluding hydrogens is 303 g/mol. The second kappa shape index (κ2) is 6.39. The molecule has 1 aromatic carbocycles. The lowest BCUT2D eigenvalue weighted by Gasteiger charge is -2.17. The monoisotopic (exact) mass is 320 g/mol. The standard InChI is InChI=1S/C13H18ClFN2O2S/c1-2-16-20(18,19)12-5-6-17(9-12)8-10-7-11(14)3-4-13(10)15/h3-4,7,12,16H,2,5-6,8-9H2,1H3/t12-/m0/s1. The SMILES string of the molecule is CCNS(=O)(=O)[C@H]1CCN(Cc2cc(Cl)ccc2F)C1. The predicted molar refractivity (Wildman–Crippen MR) is 77.7 cm³/mol. The molecule has 0 saturated carbocycles. The first-order valence-corrected chi connectivity index (χ1v) is 8.49. The normalized spacial score (nSPS) is 20.4. The van der Waals surface area contributed by atoms with Gasteiger partial charge in [-0.3, -0.25) is 4.90 Å². The highest BCUT2D eigenvalue weighted by molar-refractivity contribution is 7.90. The average molecular weight is 321 g/mol. The molecule has 0 bridgehead atoms. The van der Waals surface area contributed by atoms with Crippen molar-refractivity contribution in [3.63, 3.8) is 0 Å². The summed E-state index contributed by atoms with van der Waals surface area (Å²) in [6, 6.07) is 4.42. The third-order valence-corrected chi connectivity index (χ3v) is 5.60. The molecule has 0 radical (unpaired) electrons. The van der Waals surface area contributed by atoms with Crippen molar-refractivity contribution in [3.05, 3.63) is 34.6 Å². The summed E-state index contributed by atoms with van der Waals surface area (Å²) in [6.45, 7) is 3.58. The molecule has 112 valence electrons. The van der Waals surface area contributed by atoms with Crippen molar-refractivity contribution in [3.8, 4) is 0 Å². The van der Waals surface area contributed by atoms with Gasteiger partial charge in [0, 0.05) is 30.2 Å². The van der Waals surface area contributed by atoms with E-state index in [4.69, 9.17) is 11.6 Å². The summed E-state index contributed by atoms with van der Waals surface area (Å²) in [5, 5.41) is 0.0575. The number of nitrogens with one attached hydrogen (secondary N) is 1. The first-order chi connectivity index (χ1) is 9.42. The molecule has 1 saturated heterocycles. The largest absolute Gasteiger partial charge is 0.298 e. The molecule has 1 fully saturated rings. The third kappa shape index (κ3) is 3.69. The zero-order chi connectivity index (χ0) is 14.8. The number of nitrogens with zero attached hydrogens (tertiary/aromatic N) is 1. The second-order valence-electron chi connectivity index (χ2n) is 4.92. The highest BCUT2D eigenvalue weighted by Crippen LogP contribution is 2.21. The molecule has 1 aliphatic rings. The summed E-state index contributed by atoms with van der Waals surface area (Å²) in [4.78, 5) is 1.94. The number of sulfonamides is 1. The van der Waals surface area contributed by atoms with E-state index in [-0.39, 0.29) is 5.82 Å². The number of hydrogen-bond donors (Lipinski definition) is 1. The van der Waals surface area contributed by atoms with Crippen molar-refractivity contribution >= 4 is 21.6 Å². The lowest BCUT2D eigenvalue weighted by atomic mass is 10.2. The summed E-state index contributed by atoms with van der Waals surface area (Å²) >= 11 is 5.85. The van der Waals surface area contributed by atoms with E-state index in [0.29, 0.717) is 43.2 Å². The van der Waals surface area contributed by atoms with Crippen LogP contribution in [0.5, 0.6) is 0 Å². The lowest BCUT2D eigenvalue weighted by Crippen LogP contribution is -2.36. The van der Waals surface area contributed by atoms with Crippen LogP contribution in [0.4, 0.5) is 4.39 Å². The van der Waals surface area contributed by atoms with Gasteiger partial charge < -0.3 is 0 Å². The number of halogens is 2. The predicted octanol–water partition coefficient (Wildman–Crippen LogP) is 1.99. The fraction of sp³-hybridized carbons (Fsp3) is 0.538. The highest BCUT2D eigenvalue weighted by Gasteiger charge is 2.32. The van der Waals surface area contributed by atoms with Crippen LogP contribution in [0, 0.1) is 5.82 Å². The Morgan fingerprint density at radius 3 is 2.95 bits per heavy atom. The van der Waals surface area contributed by atoms with E-state index in [9.17, 15) is 12.8 Å². The molecule has 7 heteroatoms. The van der Waals surface area contributed by atoms with Gasteiger partial charge in [0.2, 0.25) is 10.0 Å². The molecule has 1 N–H and O–H groups in total. The Morgan fingerprint density at radius 1 is 1.50 bits per heavy atom. The number of benzene rings is 1. The van der Waals surface area contributed by atoms with E-state index in [1.165, 1.54) is 12.1 Å². The summed E-state index contributed by atoms with van der Waals surface area (Å²) in [5.74, 6) is -0.313. The Hall–Kier alpha value is -0.690. The maximum atomic E-state index is 13.7. The second-order valence-corrected chi connectivity index (χ2v) is 7.41. The van der Waals surface area contributed by atoms with Gasteiger partial charge in [-0.15, -0.1) is 0 Å². The number of likely N-dealkylation sites (tertiary alicyclic amines) is 1. The molecule has 2 rings (SSSR count). The first kappa shape index (κ1) is 15.7. The van der Waals surface area contributed by atoms with Gasteiger partial charge >= 0.3 is 0 Å². The molecule has 1 atom stereocenters. The molecule has 1 aliphatic heterocycles. The van der Waals surface area contributed by atoms with Crippen molar-refractivity contribution < 1.29 is 12.8 Å². The lowest BCUT2D eigenvalue weighted by molar-refractivity contribution is 0.325. The molecule has 0 aliphatic carbocycles. The zero-order valence-electron chi connectivity index (χ0n) is 11.3. The van der Waals surface area contributed by atoms with Crippen molar-refractivity contribution in [2.24, 2.45) is 0 Å². The van der Waals surface area contributed by atoms with Gasteiger partial charge in [-0.05, 0) is 31.2 Å². The number of rotatable bonds is 5. The maximum absolute atomic E-state index is 13.7. The fourth-order valence-electron chi connectivity index (χ4n) is 2.42. The smallest absolute Gasteiger partial charge is 0.215 e. The molecule has 0 amide bonds. The van der Waals surface area contributed by atoms with E-state index < -0.39 is 15.3 Å². The van der Waals surface area contributed by atoms with Crippen molar-refractivity contribution in [1.82, 2.24) is 9.62 Å². The molecule has 0 spiro atoms.